The average Bonchev–Trinajstić information content (AvgIpc) is 3.25. The molecule has 1 unspecified atom stereocenters. The lowest BCUT2D eigenvalue weighted by molar-refractivity contribution is -0.117. The van der Waals surface area contributed by atoms with E-state index in [-0.39, 0.29) is 11.8 Å². The molecule has 4 rings (SSSR count). The van der Waals surface area contributed by atoms with Crippen LogP contribution < -0.4 is 20.3 Å². The van der Waals surface area contributed by atoms with E-state index in [2.05, 4.69) is 10.6 Å². The molecule has 1 aliphatic rings. The Balaban J connectivity index is 1.27. The molecule has 0 radical (unpaired) electrons. The van der Waals surface area contributed by atoms with E-state index < -0.39 is 6.04 Å². The topological polar surface area (TPSA) is 70.7 Å². The molecular formula is C26H27N3O3. The molecule has 2 N–H and O–H groups in total. The molecule has 6 heteroatoms. The Morgan fingerprint density at radius 2 is 1.66 bits per heavy atom. The van der Waals surface area contributed by atoms with Gasteiger partial charge in [0.2, 0.25) is 11.8 Å². The van der Waals surface area contributed by atoms with Crippen LogP contribution in [0.1, 0.15) is 25.3 Å². The zero-order valence-electron chi connectivity index (χ0n) is 18.1. The lowest BCUT2D eigenvalue weighted by Crippen LogP contribution is -2.31. The molecule has 1 aliphatic heterocycles. The molecule has 0 aliphatic carbocycles. The van der Waals surface area contributed by atoms with E-state index in [1.54, 1.807) is 4.90 Å². The summed E-state index contributed by atoms with van der Waals surface area (Å²) in [5.74, 6) is 0.770. The summed E-state index contributed by atoms with van der Waals surface area (Å²) in [6.45, 7) is 3.07. The Hall–Kier alpha value is -3.80. The molecule has 1 heterocycles. The molecule has 0 saturated carbocycles. The van der Waals surface area contributed by atoms with Gasteiger partial charge in [-0.2, -0.15) is 0 Å². The number of carbonyl (C=O) groups excluding carboxylic acids is 2. The number of nitrogens with one attached hydrogen (secondary N) is 2. The van der Waals surface area contributed by atoms with Crippen molar-refractivity contribution in [3.05, 3.63) is 84.4 Å². The van der Waals surface area contributed by atoms with Crippen molar-refractivity contribution in [3.63, 3.8) is 0 Å². The van der Waals surface area contributed by atoms with Crippen molar-refractivity contribution < 1.29 is 14.3 Å². The van der Waals surface area contributed by atoms with Crippen LogP contribution >= 0.6 is 0 Å². The second-order valence-corrected chi connectivity index (χ2v) is 7.85. The van der Waals surface area contributed by atoms with E-state index in [1.165, 1.54) is 0 Å². The molecule has 6 nitrogen and oxygen atoms in total. The highest BCUT2D eigenvalue weighted by Crippen LogP contribution is 2.23. The van der Waals surface area contributed by atoms with Gasteiger partial charge in [-0.1, -0.05) is 30.3 Å². The number of nitrogens with zero attached hydrogens (tertiary/aromatic N) is 1. The Morgan fingerprint density at radius 3 is 2.31 bits per heavy atom. The number of benzene rings is 3. The van der Waals surface area contributed by atoms with Crippen molar-refractivity contribution in [1.82, 2.24) is 0 Å². The highest BCUT2D eigenvalue weighted by Gasteiger charge is 2.21. The fraction of sp³-hybridized carbons (Fsp3) is 0.231. The molecular weight excluding hydrogens is 402 g/mol. The predicted molar refractivity (Wildman–Crippen MR) is 127 cm³/mol. The minimum Gasteiger partial charge on any atom is -0.489 e. The number of anilines is 3. The first-order chi connectivity index (χ1) is 15.6. The van der Waals surface area contributed by atoms with Gasteiger partial charge in [0.25, 0.3) is 0 Å². The lowest BCUT2D eigenvalue weighted by Gasteiger charge is -2.18. The summed E-state index contributed by atoms with van der Waals surface area (Å²) in [6.07, 6.45) is 1.51. The van der Waals surface area contributed by atoms with E-state index in [9.17, 15) is 9.59 Å². The van der Waals surface area contributed by atoms with Gasteiger partial charge in [0, 0.05) is 30.0 Å². The Bertz CT molecular complexity index is 1050. The van der Waals surface area contributed by atoms with E-state index in [1.807, 2.05) is 85.8 Å². The third-order valence-corrected chi connectivity index (χ3v) is 5.40. The zero-order chi connectivity index (χ0) is 22.3. The lowest BCUT2D eigenvalue weighted by atomic mass is 10.2. The molecule has 0 bridgehead atoms. The molecule has 0 aromatic heterocycles. The average molecular weight is 430 g/mol. The van der Waals surface area contributed by atoms with Gasteiger partial charge in [0.15, 0.2) is 0 Å². The first-order valence-corrected chi connectivity index (χ1v) is 10.8. The molecule has 1 saturated heterocycles. The fourth-order valence-corrected chi connectivity index (χ4v) is 3.60. The van der Waals surface area contributed by atoms with Crippen LogP contribution in [-0.4, -0.2) is 24.4 Å². The number of rotatable bonds is 8. The van der Waals surface area contributed by atoms with Crippen LogP contribution in [-0.2, 0) is 16.2 Å². The minimum absolute atomic E-state index is 0.137. The molecule has 3 aromatic rings. The number of ether oxygens (including phenoxy) is 1. The van der Waals surface area contributed by atoms with Gasteiger partial charge in [0.05, 0.1) is 0 Å². The molecule has 2 amide bonds. The standard InChI is InChI=1S/C26H27N3O3/c1-19(27-21-9-13-23(14-10-21)29-17-5-8-25(29)30)26(31)28-22-11-15-24(16-12-22)32-18-20-6-3-2-4-7-20/h2-4,6-7,9-16,19,27H,5,8,17-18H2,1H3,(H,28,31). The van der Waals surface area contributed by atoms with E-state index >= 15 is 0 Å². The third-order valence-electron chi connectivity index (χ3n) is 5.40. The zero-order valence-corrected chi connectivity index (χ0v) is 18.1. The highest BCUT2D eigenvalue weighted by molar-refractivity contribution is 5.97. The van der Waals surface area contributed by atoms with Crippen molar-refractivity contribution in [2.75, 3.05) is 22.1 Å². The maximum Gasteiger partial charge on any atom is 0.246 e. The Morgan fingerprint density at radius 1 is 0.969 bits per heavy atom. The highest BCUT2D eigenvalue weighted by atomic mass is 16.5. The molecule has 1 atom stereocenters. The maximum atomic E-state index is 12.6. The van der Waals surface area contributed by atoms with Crippen LogP contribution in [0, 0.1) is 0 Å². The summed E-state index contributed by atoms with van der Waals surface area (Å²) < 4.78 is 5.78. The van der Waals surface area contributed by atoms with E-state index in [0.717, 1.165) is 35.7 Å². The number of hydrogen-bond acceptors (Lipinski definition) is 4. The van der Waals surface area contributed by atoms with Crippen molar-refractivity contribution in [2.45, 2.75) is 32.4 Å². The van der Waals surface area contributed by atoms with Crippen LogP contribution in [0.3, 0.4) is 0 Å². The SMILES string of the molecule is CC(Nc1ccc(N2CCCC2=O)cc1)C(=O)Nc1ccc(OCc2ccccc2)cc1. The molecule has 0 spiro atoms. The van der Waals surface area contributed by atoms with Crippen LogP contribution in [0.4, 0.5) is 17.1 Å². The van der Waals surface area contributed by atoms with Crippen molar-refractivity contribution in [1.29, 1.82) is 0 Å². The van der Waals surface area contributed by atoms with E-state index in [0.29, 0.717) is 18.7 Å². The Labute approximate surface area is 188 Å². The van der Waals surface area contributed by atoms with Crippen LogP contribution in [0.5, 0.6) is 5.75 Å². The van der Waals surface area contributed by atoms with Crippen molar-refractivity contribution in [3.8, 4) is 5.75 Å². The summed E-state index contributed by atoms with van der Waals surface area (Å²) >= 11 is 0. The van der Waals surface area contributed by atoms with E-state index in [4.69, 9.17) is 4.74 Å². The van der Waals surface area contributed by atoms with Gasteiger partial charge in [-0.25, -0.2) is 0 Å². The first kappa shape index (κ1) is 21.4. The fourth-order valence-electron chi connectivity index (χ4n) is 3.60. The summed E-state index contributed by atoms with van der Waals surface area (Å²) in [5.41, 5.74) is 3.53. The number of hydrogen-bond donors (Lipinski definition) is 2. The maximum absolute atomic E-state index is 12.6. The largest absolute Gasteiger partial charge is 0.489 e. The van der Waals surface area contributed by atoms with Crippen molar-refractivity contribution in [2.24, 2.45) is 0 Å². The second-order valence-electron chi connectivity index (χ2n) is 7.85. The van der Waals surface area contributed by atoms with Gasteiger partial charge >= 0.3 is 0 Å². The molecule has 1 fully saturated rings. The molecule has 32 heavy (non-hydrogen) atoms. The summed E-state index contributed by atoms with van der Waals surface area (Å²) in [4.78, 5) is 26.2. The third kappa shape index (κ3) is 5.46. The van der Waals surface area contributed by atoms with Gasteiger partial charge in [-0.15, -0.1) is 0 Å². The minimum atomic E-state index is -0.428. The predicted octanol–water partition coefficient (Wildman–Crippen LogP) is 4.83. The summed E-state index contributed by atoms with van der Waals surface area (Å²) in [7, 11) is 0. The van der Waals surface area contributed by atoms with Gasteiger partial charge in [-0.05, 0) is 67.4 Å². The number of carbonyl (C=O) groups is 2. The van der Waals surface area contributed by atoms with Gasteiger partial charge in [-0.3, -0.25) is 9.59 Å². The normalized spacial score (nSPS) is 14.2. The van der Waals surface area contributed by atoms with Crippen LogP contribution in [0.25, 0.3) is 0 Å². The summed E-state index contributed by atoms with van der Waals surface area (Å²) in [5, 5.41) is 6.12. The first-order valence-electron chi connectivity index (χ1n) is 10.8. The Kier molecular flexibility index (Phi) is 6.70. The van der Waals surface area contributed by atoms with Crippen LogP contribution in [0.15, 0.2) is 78.9 Å². The molecule has 3 aromatic carbocycles. The van der Waals surface area contributed by atoms with Crippen molar-refractivity contribution >= 4 is 28.9 Å². The smallest absolute Gasteiger partial charge is 0.246 e. The second kappa shape index (κ2) is 10.0. The quantitative estimate of drug-likeness (QED) is 0.538. The van der Waals surface area contributed by atoms with Crippen LogP contribution in [0.2, 0.25) is 0 Å². The molecule has 164 valence electrons. The van der Waals surface area contributed by atoms with Gasteiger partial charge < -0.3 is 20.3 Å². The summed E-state index contributed by atoms with van der Waals surface area (Å²) in [6, 6.07) is 24.5. The monoisotopic (exact) mass is 429 g/mol. The number of amides is 2. The van der Waals surface area contributed by atoms with Gasteiger partial charge in [0.1, 0.15) is 18.4 Å².